The molecule has 0 bridgehead atoms. The Morgan fingerprint density at radius 2 is 1.02 bits per heavy atom. The number of nitrogens with one attached hydrogen (secondary N) is 4. The number of carbonyl (C=O) groups is 5. The summed E-state index contributed by atoms with van der Waals surface area (Å²) in [4.78, 5) is 64.4. The number of ether oxygens (including phenoxy) is 8. The zero-order valence-electron chi connectivity index (χ0n) is 65.0. The SMILES string of the molecule is CCCCCCCC/C=C\CCCCCCCC(=O)O[C@H](COC(=O)C(/C=C/CCCCCCCC)CCCCCC)COP(C)(=O)OCCNCCCCCC(=O)NCCCCCC(=O)NCCCO[C@@H]1OC(CO)[C@H](O)[C@H](O[C@@H]2OC(CO)[C@H](O)[C@H](O)C2NC(C)=O)C1O[C@@H]1OC(C)[C@@H](O)[C@H](O)C1O. The summed E-state index contributed by atoms with van der Waals surface area (Å²) in [6.45, 7) is 10.1. The number of aliphatic hydroxyl groups excluding tert-OH is 8. The van der Waals surface area contributed by atoms with Crippen LogP contribution in [0.1, 0.15) is 259 Å². The largest absolute Gasteiger partial charge is 0.461 e. The second-order valence-corrected chi connectivity index (χ2v) is 30.8. The van der Waals surface area contributed by atoms with Crippen molar-refractivity contribution in [3.05, 3.63) is 24.3 Å². The van der Waals surface area contributed by atoms with Crippen molar-refractivity contribution < 1.29 is 116 Å². The van der Waals surface area contributed by atoms with Gasteiger partial charge in [-0.3, -0.25) is 28.5 Å². The van der Waals surface area contributed by atoms with Crippen LogP contribution in [-0.4, -0.2) is 241 Å². The van der Waals surface area contributed by atoms with Gasteiger partial charge in [0.05, 0.1) is 45.1 Å². The summed E-state index contributed by atoms with van der Waals surface area (Å²) in [7, 11) is -3.61. The third-order valence-electron chi connectivity index (χ3n) is 19.2. The summed E-state index contributed by atoms with van der Waals surface area (Å²) < 4.78 is 72.2. The van der Waals surface area contributed by atoms with Gasteiger partial charge in [0.25, 0.3) is 0 Å². The van der Waals surface area contributed by atoms with Crippen LogP contribution in [0.3, 0.4) is 0 Å². The van der Waals surface area contributed by atoms with Gasteiger partial charge in [-0.15, -0.1) is 0 Å². The molecular weight excluding hydrogens is 1400 g/mol. The first-order valence-corrected chi connectivity index (χ1v) is 42.3. The van der Waals surface area contributed by atoms with E-state index in [2.05, 4.69) is 60.3 Å². The van der Waals surface area contributed by atoms with Gasteiger partial charge in [0, 0.05) is 52.5 Å². The molecule has 0 saturated carbocycles. The van der Waals surface area contributed by atoms with Crippen molar-refractivity contribution >= 4 is 37.3 Å². The van der Waals surface area contributed by atoms with E-state index in [0.29, 0.717) is 64.6 Å². The highest BCUT2D eigenvalue weighted by atomic mass is 31.2. The predicted molar refractivity (Wildman–Crippen MR) is 401 cm³/mol. The molecule has 0 aliphatic carbocycles. The number of unbranched alkanes of at least 4 members (excludes halogenated alkanes) is 24. The number of allylic oxidation sites excluding steroid dienone is 3. The molecule has 12 N–H and O–H groups in total. The Morgan fingerprint density at radius 3 is 1.62 bits per heavy atom. The first kappa shape index (κ1) is 96.6. The smallest absolute Gasteiger partial charge is 0.327 e. The van der Waals surface area contributed by atoms with E-state index in [4.69, 9.17) is 46.9 Å². The molecule has 28 nitrogen and oxygen atoms in total. The molecule has 3 amide bonds. The fraction of sp³-hybridized carbons (Fsp3) is 0.883. The fourth-order valence-corrected chi connectivity index (χ4v) is 13.7. The Bertz CT molecular complexity index is 2420. The topological polar surface area (TPSA) is 405 Å². The molecular formula is C77H141N4O24P. The number of amides is 3. The Hall–Kier alpha value is -3.62. The van der Waals surface area contributed by atoms with Crippen molar-refractivity contribution in [3.8, 4) is 0 Å². The molecule has 18 atom stereocenters. The lowest BCUT2D eigenvalue weighted by Crippen LogP contribution is -2.68. The Labute approximate surface area is 632 Å². The highest BCUT2D eigenvalue weighted by Gasteiger charge is 2.55. The zero-order chi connectivity index (χ0) is 77.7. The summed E-state index contributed by atoms with van der Waals surface area (Å²) in [6.07, 6.45) is 18.3. The molecule has 29 heteroatoms. The van der Waals surface area contributed by atoms with E-state index in [0.717, 1.165) is 103 Å². The van der Waals surface area contributed by atoms with Crippen molar-refractivity contribution in [2.24, 2.45) is 5.92 Å². The van der Waals surface area contributed by atoms with Crippen molar-refractivity contribution in [2.45, 2.75) is 358 Å². The van der Waals surface area contributed by atoms with Gasteiger partial charge in [0.15, 0.2) is 25.0 Å². The fourth-order valence-electron chi connectivity index (χ4n) is 12.7. The highest BCUT2D eigenvalue weighted by molar-refractivity contribution is 7.52. The van der Waals surface area contributed by atoms with Gasteiger partial charge in [-0.1, -0.05) is 167 Å². The lowest BCUT2D eigenvalue weighted by atomic mass is 9.95. The van der Waals surface area contributed by atoms with Crippen molar-refractivity contribution in [2.75, 3.05) is 72.5 Å². The number of hydrogen-bond donors (Lipinski definition) is 12. The van der Waals surface area contributed by atoms with Crippen molar-refractivity contribution in [1.82, 2.24) is 21.3 Å². The van der Waals surface area contributed by atoms with E-state index in [1.165, 1.54) is 77.8 Å². The van der Waals surface area contributed by atoms with Crippen LogP contribution in [0.15, 0.2) is 24.3 Å². The molecule has 0 radical (unpaired) electrons. The summed E-state index contributed by atoms with van der Waals surface area (Å²) >= 11 is 0. The predicted octanol–water partition coefficient (Wildman–Crippen LogP) is 8.20. The number of hydrogen-bond acceptors (Lipinski definition) is 25. The number of esters is 2. The van der Waals surface area contributed by atoms with Crippen molar-refractivity contribution in [1.29, 1.82) is 0 Å². The molecule has 3 rings (SSSR count). The molecule has 8 unspecified atom stereocenters. The van der Waals surface area contributed by atoms with Crippen LogP contribution in [0.5, 0.6) is 0 Å². The molecule has 0 aromatic heterocycles. The van der Waals surface area contributed by atoms with Gasteiger partial charge < -0.3 is 109 Å². The molecule has 0 aromatic carbocycles. The standard InChI is InChI=1S/C77H141N4O24P/c1-7-10-13-16-18-20-21-22-23-24-25-26-28-30-37-45-64(87)101-59(54-97-74(94)58(41-33-15-12-9-3)42-34-29-27-19-17-14-11-8-2)55-99-106(6,95)98-51-49-78-46-38-31-35-43-62(85)79-47-39-32-36-44-63(86)80-48-40-50-96-77-73(105-76-71(93)70(92)66(88)56(4)100-76)72(68(90)61(53-83)103-77)104-75-65(81-57(5)84)69(91)67(89)60(52-82)102-75/h22-23,34,42,56,58-61,65-73,75-78,82-83,88-93H,7-21,24-33,35-41,43-55H2,1-6H3,(H,79,85)(H,80,86)(H,81,84)/b23-22-,42-34+/t56?,58?,59-,60?,61?,65?,66-,67+,68+,69-,70+,71?,72+,73?,75+,76+,77-,106?/m1/s1. The minimum absolute atomic E-state index is 0.0665. The average molecular weight is 1540 g/mol. The zero-order valence-corrected chi connectivity index (χ0v) is 65.9. The van der Waals surface area contributed by atoms with E-state index in [1.807, 2.05) is 6.08 Å². The summed E-state index contributed by atoms with van der Waals surface area (Å²) in [5.41, 5.74) is 0. The normalized spacial score (nSPS) is 26.0. The van der Waals surface area contributed by atoms with Gasteiger partial charge in [-0.2, -0.15) is 0 Å². The minimum Gasteiger partial charge on any atom is -0.461 e. The Kier molecular flexibility index (Phi) is 53.9. The van der Waals surface area contributed by atoms with Crippen LogP contribution >= 0.6 is 7.60 Å². The summed E-state index contributed by atoms with van der Waals surface area (Å²) in [5.74, 6) is -2.17. The van der Waals surface area contributed by atoms with Crippen LogP contribution in [-0.2, 0) is 75.5 Å². The maximum Gasteiger partial charge on any atom is 0.327 e. The maximum absolute atomic E-state index is 13.6. The third kappa shape index (κ3) is 41.6. The van der Waals surface area contributed by atoms with Gasteiger partial charge in [-0.25, -0.2) is 0 Å². The monoisotopic (exact) mass is 1540 g/mol. The molecule has 3 aliphatic rings. The number of rotatable bonds is 63. The average Bonchev–Trinajstić information content (AvgIpc) is 0.773. The lowest BCUT2D eigenvalue weighted by Gasteiger charge is -2.49. The molecule has 3 aliphatic heterocycles. The molecule has 3 saturated heterocycles. The highest BCUT2D eigenvalue weighted by Crippen LogP contribution is 2.44. The van der Waals surface area contributed by atoms with Crippen LogP contribution < -0.4 is 21.3 Å². The minimum atomic E-state index is -3.61. The first-order chi connectivity index (χ1) is 51.1. The maximum atomic E-state index is 13.6. The van der Waals surface area contributed by atoms with E-state index in [9.17, 15) is 69.4 Å². The summed E-state index contributed by atoms with van der Waals surface area (Å²) in [6, 6.07) is -1.47. The van der Waals surface area contributed by atoms with E-state index in [-0.39, 0.29) is 70.0 Å². The van der Waals surface area contributed by atoms with Gasteiger partial charge in [-0.05, 0) is 96.9 Å². The second kappa shape index (κ2) is 59.2. The first-order valence-electron chi connectivity index (χ1n) is 40.4. The van der Waals surface area contributed by atoms with E-state index in [1.54, 1.807) is 0 Å². The number of carbonyl (C=O) groups excluding carboxylic acids is 5. The lowest BCUT2D eigenvalue weighted by molar-refractivity contribution is -0.385. The quantitative estimate of drug-likeness (QED) is 0.0118. The summed E-state index contributed by atoms with van der Waals surface area (Å²) in [5, 5.41) is 96.5. The Morgan fingerprint density at radius 1 is 0.500 bits per heavy atom. The van der Waals surface area contributed by atoms with Crippen LogP contribution in [0, 0.1) is 5.92 Å². The molecule has 3 heterocycles. The van der Waals surface area contributed by atoms with Gasteiger partial charge in [0.1, 0.15) is 73.7 Å². The number of aliphatic hydroxyl groups is 8. The molecule has 3 fully saturated rings. The molecule has 0 spiro atoms. The molecule has 0 aromatic rings. The molecule has 106 heavy (non-hydrogen) atoms. The third-order valence-corrected chi connectivity index (χ3v) is 20.5. The van der Waals surface area contributed by atoms with E-state index < -0.39 is 137 Å². The van der Waals surface area contributed by atoms with Crippen LogP contribution in [0.4, 0.5) is 0 Å². The van der Waals surface area contributed by atoms with E-state index >= 15 is 0 Å². The Balaban J connectivity index is 1.37. The van der Waals surface area contributed by atoms with Crippen LogP contribution in [0.25, 0.3) is 0 Å². The molecule has 618 valence electrons. The van der Waals surface area contributed by atoms with Crippen LogP contribution in [0.2, 0.25) is 0 Å². The van der Waals surface area contributed by atoms with Crippen molar-refractivity contribution in [3.63, 3.8) is 0 Å². The van der Waals surface area contributed by atoms with Gasteiger partial charge in [0.2, 0.25) is 17.7 Å². The second-order valence-electron chi connectivity index (χ2n) is 28.7. The van der Waals surface area contributed by atoms with Gasteiger partial charge >= 0.3 is 19.5 Å².